The van der Waals surface area contributed by atoms with Crippen LogP contribution >= 0.6 is 0 Å². The van der Waals surface area contributed by atoms with Crippen molar-refractivity contribution >= 4 is 5.69 Å². The Morgan fingerprint density at radius 1 is 0.920 bits per heavy atom. The summed E-state index contributed by atoms with van der Waals surface area (Å²) in [5.41, 5.74) is 6.69. The molecular formula is C19H23N3O3. The van der Waals surface area contributed by atoms with Crippen molar-refractivity contribution in [3.8, 4) is 28.0 Å². The molecule has 3 aromatic rings. The van der Waals surface area contributed by atoms with Crippen LogP contribution in [0.15, 0.2) is 21.2 Å². The Morgan fingerprint density at radius 2 is 1.56 bits per heavy atom. The Balaban J connectivity index is 0.00000182. The number of hydrogen-bond acceptors (Lipinski definition) is 6. The number of aryl methyl sites for hydroxylation is 4. The van der Waals surface area contributed by atoms with Gasteiger partial charge >= 0.3 is 0 Å². The van der Waals surface area contributed by atoms with Crippen molar-refractivity contribution in [1.82, 2.24) is 10.3 Å². The Morgan fingerprint density at radius 3 is 2.16 bits per heavy atom. The first kappa shape index (κ1) is 17.1. The maximum Gasteiger partial charge on any atom is 0.150 e. The van der Waals surface area contributed by atoms with Gasteiger partial charge in [-0.2, -0.15) is 0 Å². The van der Waals surface area contributed by atoms with Crippen LogP contribution in [0.1, 0.15) is 30.3 Å². The van der Waals surface area contributed by atoms with E-state index in [9.17, 15) is 0 Å². The average molecular weight is 341 g/mol. The summed E-state index contributed by atoms with van der Waals surface area (Å²) in [4.78, 5) is 0. The standard InChI is InChI=1S/C18H19N3O3.CH4/c1-9-16(11(3)23-20-9)13-7-14(17-10(2)21-24-12(17)4)18-15(8-13)19-5-6-22-18;/h7-8,19H,5-6H2,1-4H3;1H4. The fourth-order valence-corrected chi connectivity index (χ4v) is 3.35. The molecule has 1 aliphatic rings. The number of rotatable bonds is 2. The third-order valence-corrected chi connectivity index (χ3v) is 4.38. The molecular weight excluding hydrogens is 318 g/mol. The van der Waals surface area contributed by atoms with Gasteiger partial charge in [-0.25, -0.2) is 0 Å². The first-order valence-electron chi connectivity index (χ1n) is 7.97. The highest BCUT2D eigenvalue weighted by molar-refractivity contribution is 5.87. The number of nitrogens with zero attached hydrogens (tertiary/aromatic N) is 2. The summed E-state index contributed by atoms with van der Waals surface area (Å²) in [6.45, 7) is 9.14. The van der Waals surface area contributed by atoms with E-state index in [1.54, 1.807) is 0 Å². The smallest absolute Gasteiger partial charge is 0.150 e. The number of nitrogens with one attached hydrogen (secondary N) is 1. The van der Waals surface area contributed by atoms with Gasteiger partial charge in [-0.1, -0.05) is 17.7 Å². The Hall–Kier alpha value is -2.76. The molecule has 6 heteroatoms. The molecule has 6 nitrogen and oxygen atoms in total. The second kappa shape index (κ2) is 6.27. The Kier molecular flexibility index (Phi) is 4.29. The quantitative estimate of drug-likeness (QED) is 0.730. The van der Waals surface area contributed by atoms with Gasteiger partial charge in [0.1, 0.15) is 18.1 Å². The molecule has 2 aromatic heterocycles. The van der Waals surface area contributed by atoms with E-state index >= 15 is 0 Å². The molecule has 3 heterocycles. The molecule has 1 N–H and O–H groups in total. The number of benzene rings is 1. The van der Waals surface area contributed by atoms with Gasteiger partial charge in [0.05, 0.1) is 22.6 Å². The Bertz CT molecular complexity index is 885. The summed E-state index contributed by atoms with van der Waals surface area (Å²) >= 11 is 0. The summed E-state index contributed by atoms with van der Waals surface area (Å²) in [5, 5.41) is 11.6. The molecule has 132 valence electrons. The van der Waals surface area contributed by atoms with E-state index in [1.165, 1.54) is 0 Å². The van der Waals surface area contributed by atoms with Crippen LogP contribution in [-0.4, -0.2) is 23.5 Å². The van der Waals surface area contributed by atoms with Crippen molar-refractivity contribution in [2.75, 3.05) is 18.5 Å². The minimum absolute atomic E-state index is 0. The van der Waals surface area contributed by atoms with E-state index in [-0.39, 0.29) is 7.43 Å². The molecule has 0 unspecified atom stereocenters. The fourth-order valence-electron chi connectivity index (χ4n) is 3.35. The molecule has 1 aliphatic heterocycles. The molecule has 0 atom stereocenters. The van der Waals surface area contributed by atoms with E-state index < -0.39 is 0 Å². The highest BCUT2D eigenvalue weighted by Crippen LogP contribution is 2.44. The zero-order valence-electron chi connectivity index (χ0n) is 14.2. The van der Waals surface area contributed by atoms with E-state index in [1.807, 2.05) is 27.7 Å². The number of fused-ring (bicyclic) bond motifs is 1. The maximum absolute atomic E-state index is 5.95. The molecule has 0 saturated heterocycles. The molecule has 0 saturated carbocycles. The molecule has 4 rings (SSSR count). The lowest BCUT2D eigenvalue weighted by Gasteiger charge is -2.23. The minimum atomic E-state index is 0. The third kappa shape index (κ3) is 2.67. The first-order chi connectivity index (χ1) is 11.6. The van der Waals surface area contributed by atoms with Crippen molar-refractivity contribution in [3.63, 3.8) is 0 Å². The van der Waals surface area contributed by atoms with Crippen LogP contribution < -0.4 is 10.1 Å². The minimum Gasteiger partial charge on any atom is -0.489 e. The van der Waals surface area contributed by atoms with Crippen LogP contribution in [0, 0.1) is 27.7 Å². The largest absolute Gasteiger partial charge is 0.489 e. The van der Waals surface area contributed by atoms with Gasteiger partial charge in [-0.05, 0) is 45.4 Å². The molecule has 0 radical (unpaired) electrons. The van der Waals surface area contributed by atoms with E-state index in [4.69, 9.17) is 13.8 Å². The van der Waals surface area contributed by atoms with Gasteiger partial charge in [0.2, 0.25) is 0 Å². The number of anilines is 1. The predicted molar refractivity (Wildman–Crippen MR) is 97.1 cm³/mol. The monoisotopic (exact) mass is 341 g/mol. The topological polar surface area (TPSA) is 73.3 Å². The van der Waals surface area contributed by atoms with Crippen LogP contribution in [0.4, 0.5) is 5.69 Å². The molecule has 1 aromatic carbocycles. The SMILES string of the molecule is C.Cc1noc(C)c1-c1cc2c(c(-c3c(C)noc3C)c1)OCCN2. The van der Waals surface area contributed by atoms with Gasteiger partial charge in [0.15, 0.2) is 5.75 Å². The van der Waals surface area contributed by atoms with Crippen molar-refractivity contribution in [2.45, 2.75) is 35.1 Å². The maximum atomic E-state index is 5.95. The van der Waals surface area contributed by atoms with Gasteiger partial charge in [-0.3, -0.25) is 0 Å². The van der Waals surface area contributed by atoms with Crippen LogP contribution in [0.3, 0.4) is 0 Å². The summed E-state index contributed by atoms with van der Waals surface area (Å²) in [7, 11) is 0. The highest BCUT2D eigenvalue weighted by Gasteiger charge is 2.24. The van der Waals surface area contributed by atoms with Crippen molar-refractivity contribution in [1.29, 1.82) is 0 Å². The second-order valence-corrected chi connectivity index (χ2v) is 6.07. The van der Waals surface area contributed by atoms with Crippen LogP contribution in [-0.2, 0) is 0 Å². The van der Waals surface area contributed by atoms with Crippen molar-refractivity contribution in [3.05, 3.63) is 35.0 Å². The lowest BCUT2D eigenvalue weighted by molar-refractivity contribution is 0.324. The average Bonchev–Trinajstić information content (AvgIpc) is 3.08. The van der Waals surface area contributed by atoms with Gasteiger partial charge in [-0.15, -0.1) is 0 Å². The molecule has 25 heavy (non-hydrogen) atoms. The summed E-state index contributed by atoms with van der Waals surface area (Å²) in [6.07, 6.45) is 0. The van der Waals surface area contributed by atoms with Gasteiger partial charge in [0.25, 0.3) is 0 Å². The predicted octanol–water partition coefficient (Wildman–Crippen LogP) is 4.67. The van der Waals surface area contributed by atoms with E-state index in [0.717, 1.165) is 63.1 Å². The zero-order chi connectivity index (χ0) is 16.8. The lowest BCUT2D eigenvalue weighted by Crippen LogP contribution is -2.18. The highest BCUT2D eigenvalue weighted by atomic mass is 16.5. The lowest BCUT2D eigenvalue weighted by atomic mass is 9.95. The van der Waals surface area contributed by atoms with Gasteiger partial charge in [0, 0.05) is 17.7 Å². The first-order valence-corrected chi connectivity index (χ1v) is 7.97. The molecule has 0 amide bonds. The van der Waals surface area contributed by atoms with Crippen LogP contribution in [0.5, 0.6) is 5.75 Å². The fraction of sp³-hybridized carbons (Fsp3) is 0.368. The van der Waals surface area contributed by atoms with Crippen LogP contribution in [0.2, 0.25) is 0 Å². The molecule has 0 spiro atoms. The Labute approximate surface area is 147 Å². The van der Waals surface area contributed by atoms with Crippen LogP contribution in [0.25, 0.3) is 22.3 Å². The summed E-state index contributed by atoms with van der Waals surface area (Å²) in [5.74, 6) is 2.42. The number of hydrogen-bond donors (Lipinski definition) is 1. The number of ether oxygens (including phenoxy) is 1. The molecule has 0 aliphatic carbocycles. The van der Waals surface area contributed by atoms with E-state index in [2.05, 4.69) is 27.8 Å². The summed E-state index contributed by atoms with van der Waals surface area (Å²) < 4.78 is 16.7. The molecule has 0 bridgehead atoms. The summed E-state index contributed by atoms with van der Waals surface area (Å²) in [6, 6.07) is 4.19. The second-order valence-electron chi connectivity index (χ2n) is 6.07. The molecule has 0 fully saturated rings. The normalized spacial score (nSPS) is 12.8. The van der Waals surface area contributed by atoms with E-state index in [0.29, 0.717) is 6.61 Å². The third-order valence-electron chi connectivity index (χ3n) is 4.38. The van der Waals surface area contributed by atoms with Crippen molar-refractivity contribution < 1.29 is 13.8 Å². The number of aromatic nitrogens is 2. The van der Waals surface area contributed by atoms with Crippen molar-refractivity contribution in [2.24, 2.45) is 0 Å². The van der Waals surface area contributed by atoms with Gasteiger partial charge < -0.3 is 19.1 Å². The zero-order valence-corrected chi connectivity index (χ0v) is 14.2.